The first kappa shape index (κ1) is 29.4. The van der Waals surface area contributed by atoms with Crippen LogP contribution in [0.5, 0.6) is 11.6 Å². The molecule has 216 valence electrons. The van der Waals surface area contributed by atoms with Gasteiger partial charge in [-0.1, -0.05) is 11.8 Å². The van der Waals surface area contributed by atoms with E-state index in [1.165, 1.54) is 11.1 Å². The number of amides is 3. The van der Waals surface area contributed by atoms with Crippen LogP contribution in [0.2, 0.25) is 0 Å². The smallest absolute Gasteiger partial charge is 0.407 e. The molecule has 2 fully saturated rings. The number of aromatic nitrogens is 1. The Hall–Kier alpha value is -4.55. The van der Waals surface area contributed by atoms with Gasteiger partial charge in [-0.3, -0.25) is 9.59 Å². The molecule has 3 amide bonds. The highest BCUT2D eigenvalue weighted by Gasteiger charge is 2.32. The fourth-order valence-corrected chi connectivity index (χ4v) is 4.95. The van der Waals surface area contributed by atoms with E-state index in [0.29, 0.717) is 42.3 Å². The van der Waals surface area contributed by atoms with Crippen LogP contribution in [0.3, 0.4) is 0 Å². The normalized spacial score (nSPS) is 18.3. The minimum atomic E-state index is -1.39. The number of ether oxygens (including phenoxy) is 2. The van der Waals surface area contributed by atoms with Crippen molar-refractivity contribution in [1.29, 1.82) is 5.26 Å². The molecule has 2 saturated heterocycles. The van der Waals surface area contributed by atoms with Crippen LogP contribution in [0.15, 0.2) is 18.3 Å². The van der Waals surface area contributed by atoms with Crippen LogP contribution < -0.4 is 15.2 Å². The number of rotatable bonds is 6. The van der Waals surface area contributed by atoms with Crippen LogP contribution in [0.4, 0.5) is 4.79 Å². The van der Waals surface area contributed by atoms with E-state index in [0.717, 1.165) is 0 Å². The molecule has 0 bridgehead atoms. The fraction of sp³-hybridized carbons (Fsp3) is 0.483. The Balaban J connectivity index is 1.73. The molecule has 1 aromatic heterocycles. The SMILES string of the molecule is CC(C)Oc1cc2c(OC3CCCN(C(=O)CC#N)C3)ncc(C#CC3(O)CCN(C(=O)O)CC3)c2cc1C(N)=O. The molecule has 0 aliphatic carbocycles. The molecule has 3 heterocycles. The number of hydrogen-bond acceptors (Lipinski definition) is 8. The number of carboxylic acid groups (broad SMARTS) is 1. The third kappa shape index (κ3) is 6.97. The van der Waals surface area contributed by atoms with E-state index in [-0.39, 0.29) is 67.7 Å². The van der Waals surface area contributed by atoms with Gasteiger partial charge in [0, 0.05) is 49.4 Å². The summed E-state index contributed by atoms with van der Waals surface area (Å²) in [4.78, 5) is 43.2. The first-order chi connectivity index (χ1) is 19.5. The van der Waals surface area contributed by atoms with Gasteiger partial charge in [-0.05, 0) is 38.8 Å². The van der Waals surface area contributed by atoms with Gasteiger partial charge in [0.15, 0.2) is 0 Å². The number of likely N-dealkylation sites (tertiary alicyclic amines) is 2. The van der Waals surface area contributed by atoms with Crippen molar-refractivity contribution in [3.05, 3.63) is 29.5 Å². The lowest BCUT2D eigenvalue weighted by Gasteiger charge is -2.33. The van der Waals surface area contributed by atoms with Crippen LogP contribution in [-0.2, 0) is 4.79 Å². The zero-order valence-electron chi connectivity index (χ0n) is 23.1. The summed E-state index contributed by atoms with van der Waals surface area (Å²) < 4.78 is 12.2. The van der Waals surface area contributed by atoms with Gasteiger partial charge in [-0.2, -0.15) is 5.26 Å². The maximum atomic E-state index is 12.4. The van der Waals surface area contributed by atoms with Gasteiger partial charge in [0.2, 0.25) is 11.8 Å². The van der Waals surface area contributed by atoms with E-state index in [4.69, 9.17) is 20.5 Å². The lowest BCUT2D eigenvalue weighted by atomic mass is 9.91. The quantitative estimate of drug-likeness (QED) is 0.444. The Labute approximate surface area is 237 Å². The summed E-state index contributed by atoms with van der Waals surface area (Å²) in [5.74, 6) is 5.41. The predicted molar refractivity (Wildman–Crippen MR) is 147 cm³/mol. The number of carbonyl (C=O) groups is 3. The lowest BCUT2D eigenvalue weighted by molar-refractivity contribution is -0.132. The van der Waals surface area contributed by atoms with E-state index < -0.39 is 17.6 Å². The fourth-order valence-electron chi connectivity index (χ4n) is 4.95. The monoisotopic (exact) mass is 563 g/mol. The highest BCUT2D eigenvalue weighted by molar-refractivity contribution is 6.03. The second-order valence-electron chi connectivity index (χ2n) is 10.5. The number of hydrogen-bond donors (Lipinski definition) is 3. The van der Waals surface area contributed by atoms with E-state index in [1.54, 1.807) is 17.0 Å². The zero-order valence-corrected chi connectivity index (χ0v) is 23.1. The zero-order chi connectivity index (χ0) is 29.7. The van der Waals surface area contributed by atoms with Crippen LogP contribution in [-0.4, -0.2) is 86.9 Å². The van der Waals surface area contributed by atoms with Crippen molar-refractivity contribution >= 4 is 28.7 Å². The molecule has 1 aromatic carbocycles. The summed E-state index contributed by atoms with van der Waals surface area (Å²) in [5.41, 5.74) is 4.85. The number of benzene rings is 1. The molecule has 0 spiro atoms. The number of primary amides is 1. The first-order valence-corrected chi connectivity index (χ1v) is 13.5. The molecule has 0 radical (unpaired) electrons. The van der Waals surface area contributed by atoms with E-state index in [2.05, 4.69) is 16.8 Å². The molecule has 1 unspecified atom stereocenters. The van der Waals surface area contributed by atoms with Crippen LogP contribution in [0.25, 0.3) is 10.8 Å². The maximum absolute atomic E-state index is 12.4. The third-order valence-electron chi connectivity index (χ3n) is 7.11. The standard InChI is InChI=1S/C29H33N5O7/c1-18(2)40-24-15-22-21(14-23(24)26(31)36)19(5-7-29(39)8-12-33(13-9-29)28(37)38)16-32-27(22)41-20-4-3-11-34(17-20)25(35)6-10-30/h14-16,18,20,39H,3-4,6,8-9,11-13,17H2,1-2H3,(H2,31,36)(H,37,38). The number of nitrogens with two attached hydrogens (primary N) is 1. The number of nitriles is 1. The minimum absolute atomic E-state index is 0.144. The van der Waals surface area contributed by atoms with Crippen molar-refractivity contribution in [2.45, 2.75) is 63.8 Å². The molecule has 4 rings (SSSR count). The molecule has 4 N–H and O–H groups in total. The average Bonchev–Trinajstić information content (AvgIpc) is 2.92. The second kappa shape index (κ2) is 12.3. The van der Waals surface area contributed by atoms with Gasteiger partial charge in [-0.15, -0.1) is 0 Å². The summed E-state index contributed by atoms with van der Waals surface area (Å²) >= 11 is 0. The minimum Gasteiger partial charge on any atom is -0.490 e. The number of piperidine rings is 2. The van der Waals surface area contributed by atoms with Gasteiger partial charge >= 0.3 is 6.09 Å². The summed E-state index contributed by atoms with van der Waals surface area (Å²) in [7, 11) is 0. The Morgan fingerprint density at radius 2 is 1.93 bits per heavy atom. The van der Waals surface area contributed by atoms with E-state index in [9.17, 15) is 24.6 Å². The van der Waals surface area contributed by atoms with Crippen LogP contribution >= 0.6 is 0 Å². The van der Waals surface area contributed by atoms with Crippen molar-refractivity contribution in [3.8, 4) is 29.5 Å². The van der Waals surface area contributed by atoms with Gasteiger partial charge in [0.25, 0.3) is 5.91 Å². The Bertz CT molecular complexity index is 1450. The summed E-state index contributed by atoms with van der Waals surface area (Å²) in [6.07, 6.45) is 1.30. The molecule has 12 heteroatoms. The molecular formula is C29H33N5O7. The number of nitrogens with zero attached hydrogens (tertiary/aromatic N) is 4. The molecule has 2 aromatic rings. The van der Waals surface area contributed by atoms with Crippen LogP contribution in [0.1, 0.15) is 61.9 Å². The number of pyridine rings is 1. The average molecular weight is 564 g/mol. The Morgan fingerprint density at radius 1 is 1.20 bits per heavy atom. The predicted octanol–water partition coefficient (Wildman–Crippen LogP) is 2.26. The molecule has 0 saturated carbocycles. The number of carbonyl (C=O) groups excluding carboxylic acids is 2. The maximum Gasteiger partial charge on any atom is 0.407 e. The van der Waals surface area contributed by atoms with Gasteiger partial charge < -0.3 is 35.2 Å². The van der Waals surface area contributed by atoms with Gasteiger partial charge in [0.05, 0.1) is 29.8 Å². The Kier molecular flexibility index (Phi) is 8.84. The second-order valence-corrected chi connectivity index (χ2v) is 10.5. The third-order valence-corrected chi connectivity index (χ3v) is 7.11. The van der Waals surface area contributed by atoms with E-state index in [1.807, 2.05) is 19.9 Å². The number of aliphatic hydroxyl groups is 1. The molecular weight excluding hydrogens is 530 g/mol. The lowest BCUT2D eigenvalue weighted by Crippen LogP contribution is -2.45. The Morgan fingerprint density at radius 3 is 2.56 bits per heavy atom. The molecule has 41 heavy (non-hydrogen) atoms. The van der Waals surface area contributed by atoms with Crippen LogP contribution in [0, 0.1) is 23.2 Å². The highest BCUT2D eigenvalue weighted by Crippen LogP contribution is 2.34. The van der Waals surface area contributed by atoms with Crippen molar-refractivity contribution in [3.63, 3.8) is 0 Å². The number of fused-ring (bicyclic) bond motifs is 1. The van der Waals surface area contributed by atoms with Gasteiger partial charge in [0.1, 0.15) is 23.9 Å². The van der Waals surface area contributed by atoms with Crippen molar-refractivity contribution in [2.75, 3.05) is 26.2 Å². The first-order valence-electron chi connectivity index (χ1n) is 13.5. The largest absolute Gasteiger partial charge is 0.490 e. The summed E-state index contributed by atoms with van der Waals surface area (Å²) in [6, 6.07) is 5.08. The molecule has 12 nitrogen and oxygen atoms in total. The molecule has 2 aliphatic rings. The summed E-state index contributed by atoms with van der Waals surface area (Å²) in [6.45, 7) is 4.80. The van der Waals surface area contributed by atoms with Crippen molar-refractivity contribution in [2.24, 2.45) is 5.73 Å². The van der Waals surface area contributed by atoms with Gasteiger partial charge in [-0.25, -0.2) is 9.78 Å². The summed E-state index contributed by atoms with van der Waals surface area (Å²) in [5, 5.41) is 30.1. The highest BCUT2D eigenvalue weighted by atomic mass is 16.5. The molecule has 2 aliphatic heterocycles. The molecule has 1 atom stereocenters. The topological polar surface area (TPSA) is 179 Å². The van der Waals surface area contributed by atoms with Crippen molar-refractivity contribution < 1.29 is 34.1 Å². The van der Waals surface area contributed by atoms with E-state index >= 15 is 0 Å². The van der Waals surface area contributed by atoms with Crippen molar-refractivity contribution in [1.82, 2.24) is 14.8 Å².